The maximum atomic E-state index is 13.5. The third-order valence-corrected chi connectivity index (χ3v) is 6.26. The van der Waals surface area contributed by atoms with Gasteiger partial charge in [0.2, 0.25) is 5.76 Å². The summed E-state index contributed by atoms with van der Waals surface area (Å²) < 4.78 is 17.0. The van der Waals surface area contributed by atoms with Crippen molar-refractivity contribution in [2.75, 3.05) is 7.11 Å². The number of furan rings is 1. The average molecular weight is 517 g/mol. The van der Waals surface area contributed by atoms with Crippen LogP contribution in [0.1, 0.15) is 33.5 Å². The molecule has 0 bridgehead atoms. The fourth-order valence-corrected chi connectivity index (χ4v) is 4.61. The van der Waals surface area contributed by atoms with E-state index >= 15 is 0 Å². The van der Waals surface area contributed by atoms with Gasteiger partial charge in [0.15, 0.2) is 16.9 Å². The Morgan fingerprint density at radius 2 is 2.03 bits per heavy atom. The predicted octanol–water partition coefficient (Wildman–Crippen LogP) is 5.26. The van der Waals surface area contributed by atoms with Gasteiger partial charge >= 0.3 is 0 Å². The van der Waals surface area contributed by atoms with Crippen LogP contribution >= 0.6 is 27.5 Å². The number of aromatic hydroxyl groups is 1. The number of methoxy groups -OCH3 is 1. The number of fused-ring (bicyclic) bond motifs is 2. The first-order chi connectivity index (χ1) is 15.4. The molecule has 1 atom stereocenters. The van der Waals surface area contributed by atoms with Crippen molar-refractivity contribution in [3.05, 3.63) is 91.1 Å². The normalized spacial score (nSPS) is 15.4. The van der Waals surface area contributed by atoms with Crippen LogP contribution in [-0.2, 0) is 6.54 Å². The zero-order chi connectivity index (χ0) is 22.6. The fourth-order valence-electron chi connectivity index (χ4n) is 3.98. The Hall–Kier alpha value is -3.23. The maximum absolute atomic E-state index is 13.5. The number of carbonyl (C=O) groups excluding carboxylic acids is 1. The van der Waals surface area contributed by atoms with E-state index in [1.807, 2.05) is 0 Å². The van der Waals surface area contributed by atoms with Crippen molar-refractivity contribution in [2.24, 2.45) is 0 Å². The molecule has 0 radical (unpaired) electrons. The summed E-state index contributed by atoms with van der Waals surface area (Å²) in [6, 6.07) is 10.6. The van der Waals surface area contributed by atoms with Crippen LogP contribution in [0, 0.1) is 0 Å². The van der Waals surface area contributed by atoms with Crippen molar-refractivity contribution in [2.45, 2.75) is 12.6 Å². The Morgan fingerprint density at radius 1 is 1.22 bits per heavy atom. The van der Waals surface area contributed by atoms with Crippen LogP contribution in [0.3, 0.4) is 0 Å². The van der Waals surface area contributed by atoms with E-state index in [4.69, 9.17) is 25.2 Å². The van der Waals surface area contributed by atoms with E-state index in [0.29, 0.717) is 20.8 Å². The minimum Gasteiger partial charge on any atom is -0.503 e. The zero-order valence-electron chi connectivity index (χ0n) is 16.6. The molecule has 1 aliphatic rings. The van der Waals surface area contributed by atoms with Crippen molar-refractivity contribution in [3.8, 4) is 11.5 Å². The second-order valence-corrected chi connectivity index (χ2v) is 8.57. The molecule has 1 aliphatic heterocycles. The van der Waals surface area contributed by atoms with Gasteiger partial charge in [0.1, 0.15) is 11.3 Å². The van der Waals surface area contributed by atoms with Crippen LogP contribution in [-0.4, -0.2) is 23.0 Å². The molecule has 162 valence electrons. The van der Waals surface area contributed by atoms with Crippen molar-refractivity contribution in [3.63, 3.8) is 0 Å². The Morgan fingerprint density at radius 3 is 2.75 bits per heavy atom. The van der Waals surface area contributed by atoms with Crippen LogP contribution in [0.4, 0.5) is 0 Å². The van der Waals surface area contributed by atoms with Crippen LogP contribution in [0.15, 0.2) is 66.8 Å². The molecule has 2 aromatic carbocycles. The molecule has 0 saturated heterocycles. The first kappa shape index (κ1) is 20.7. The SMILES string of the molecule is COc1cc([C@@H]2c3c(oc4ccc(Cl)cc4c3=O)C(=O)N2Cc2ccco2)cc(Br)c1O. The van der Waals surface area contributed by atoms with Crippen LogP contribution in [0.5, 0.6) is 11.5 Å². The molecule has 3 heterocycles. The summed E-state index contributed by atoms with van der Waals surface area (Å²) in [6.45, 7) is 0.109. The monoisotopic (exact) mass is 515 g/mol. The number of hydrogen-bond acceptors (Lipinski definition) is 6. The van der Waals surface area contributed by atoms with E-state index in [0.717, 1.165) is 0 Å². The number of nitrogens with zero attached hydrogens (tertiary/aromatic N) is 1. The Bertz CT molecular complexity index is 1430. The molecule has 32 heavy (non-hydrogen) atoms. The summed E-state index contributed by atoms with van der Waals surface area (Å²) in [5.74, 6) is 0.168. The predicted molar refractivity (Wildman–Crippen MR) is 120 cm³/mol. The van der Waals surface area contributed by atoms with Gasteiger partial charge in [-0.05, 0) is 64.0 Å². The highest BCUT2D eigenvalue weighted by Gasteiger charge is 2.43. The zero-order valence-corrected chi connectivity index (χ0v) is 18.9. The lowest BCUT2D eigenvalue weighted by atomic mass is 9.98. The van der Waals surface area contributed by atoms with E-state index in [2.05, 4.69) is 15.9 Å². The minimum atomic E-state index is -0.798. The third kappa shape index (κ3) is 3.18. The number of benzene rings is 2. The number of hydrogen-bond donors (Lipinski definition) is 1. The van der Waals surface area contributed by atoms with Gasteiger partial charge in [0.25, 0.3) is 5.91 Å². The van der Waals surface area contributed by atoms with E-state index in [9.17, 15) is 14.7 Å². The molecule has 0 aliphatic carbocycles. The lowest BCUT2D eigenvalue weighted by Crippen LogP contribution is -2.29. The highest BCUT2D eigenvalue weighted by Crippen LogP contribution is 2.44. The molecule has 0 unspecified atom stereocenters. The van der Waals surface area contributed by atoms with Crippen LogP contribution in [0.25, 0.3) is 11.0 Å². The smallest absolute Gasteiger partial charge is 0.291 e. The summed E-state index contributed by atoms with van der Waals surface area (Å²) in [7, 11) is 1.42. The summed E-state index contributed by atoms with van der Waals surface area (Å²) >= 11 is 9.42. The number of halogens is 2. The first-order valence-electron chi connectivity index (χ1n) is 9.55. The van der Waals surface area contributed by atoms with E-state index in [1.165, 1.54) is 24.3 Å². The van der Waals surface area contributed by atoms with Crippen LogP contribution < -0.4 is 10.2 Å². The molecule has 1 amide bonds. The molecule has 0 spiro atoms. The molecule has 5 rings (SSSR count). The summed E-state index contributed by atoms with van der Waals surface area (Å²) in [6.07, 6.45) is 1.51. The standard InChI is InChI=1S/C23H15BrClNO6/c1-30-17-8-11(7-15(24)21(17)28)19-18-20(27)14-9-12(25)4-5-16(14)32-22(18)23(29)26(19)10-13-3-2-6-31-13/h2-9,19,28H,10H2,1H3/t19-/m1/s1. The van der Waals surface area contributed by atoms with Crippen molar-refractivity contribution < 1.29 is 23.5 Å². The number of rotatable bonds is 4. The molecule has 0 fully saturated rings. The molecular formula is C23H15BrClNO6. The number of phenolic OH excluding ortho intramolecular Hbond substituents is 1. The molecule has 9 heteroatoms. The van der Waals surface area contributed by atoms with Gasteiger partial charge < -0.3 is 23.6 Å². The topological polar surface area (TPSA) is 93.1 Å². The Labute approximate surface area is 194 Å². The molecular weight excluding hydrogens is 502 g/mol. The molecule has 2 aromatic heterocycles. The number of amides is 1. The quantitative estimate of drug-likeness (QED) is 0.398. The lowest BCUT2D eigenvalue weighted by molar-refractivity contribution is 0.0701. The maximum Gasteiger partial charge on any atom is 0.291 e. The lowest BCUT2D eigenvalue weighted by Gasteiger charge is -2.25. The average Bonchev–Trinajstić information content (AvgIpc) is 3.38. The van der Waals surface area contributed by atoms with Crippen molar-refractivity contribution in [1.82, 2.24) is 4.90 Å². The summed E-state index contributed by atoms with van der Waals surface area (Å²) in [4.78, 5) is 28.4. The van der Waals surface area contributed by atoms with E-state index in [1.54, 1.807) is 36.4 Å². The third-order valence-electron chi connectivity index (χ3n) is 5.42. The number of carbonyl (C=O) groups is 1. The summed E-state index contributed by atoms with van der Waals surface area (Å²) in [5.41, 5.74) is 0.664. The van der Waals surface area contributed by atoms with Crippen LogP contribution in [0.2, 0.25) is 5.02 Å². The fraction of sp³-hybridized carbons (Fsp3) is 0.130. The van der Waals surface area contributed by atoms with Crippen molar-refractivity contribution >= 4 is 44.4 Å². The highest BCUT2D eigenvalue weighted by molar-refractivity contribution is 9.10. The van der Waals surface area contributed by atoms with E-state index in [-0.39, 0.29) is 45.8 Å². The number of ether oxygens (including phenoxy) is 1. The van der Waals surface area contributed by atoms with Gasteiger partial charge in [-0.2, -0.15) is 0 Å². The van der Waals surface area contributed by atoms with Gasteiger partial charge in [0, 0.05) is 5.02 Å². The highest BCUT2D eigenvalue weighted by atomic mass is 79.9. The first-order valence-corrected chi connectivity index (χ1v) is 10.7. The van der Waals surface area contributed by atoms with Crippen molar-refractivity contribution in [1.29, 1.82) is 0 Å². The summed E-state index contributed by atoms with van der Waals surface area (Å²) in [5, 5.41) is 10.9. The van der Waals surface area contributed by atoms with Gasteiger partial charge in [-0.1, -0.05) is 11.6 Å². The molecule has 4 aromatic rings. The van der Waals surface area contributed by atoms with E-state index < -0.39 is 11.9 Å². The Kier molecular flexibility index (Phi) is 4.98. The van der Waals surface area contributed by atoms with Gasteiger partial charge in [-0.3, -0.25) is 9.59 Å². The van der Waals surface area contributed by atoms with Gasteiger partial charge in [-0.15, -0.1) is 0 Å². The number of phenols is 1. The second-order valence-electron chi connectivity index (χ2n) is 7.28. The second kappa shape index (κ2) is 7.72. The van der Waals surface area contributed by atoms with Gasteiger partial charge in [0.05, 0.1) is 41.4 Å². The largest absolute Gasteiger partial charge is 0.503 e. The van der Waals surface area contributed by atoms with Gasteiger partial charge in [-0.25, -0.2) is 0 Å². The Balaban J connectivity index is 1.78. The minimum absolute atomic E-state index is 0.0375. The molecule has 7 nitrogen and oxygen atoms in total. The molecule has 0 saturated carbocycles. The molecule has 1 N–H and O–H groups in total.